The fraction of sp³-hybridized carbons (Fsp3) is 0.304. The molecule has 0 aliphatic carbocycles. The zero-order valence-electron chi connectivity index (χ0n) is 17.2. The molecule has 6 nitrogen and oxygen atoms in total. The highest BCUT2D eigenvalue weighted by molar-refractivity contribution is 6.13. The van der Waals surface area contributed by atoms with Gasteiger partial charge in [0.2, 0.25) is 0 Å². The summed E-state index contributed by atoms with van der Waals surface area (Å²) in [6.45, 7) is 6.97. The van der Waals surface area contributed by atoms with Crippen LogP contribution in [0, 0.1) is 0 Å². The predicted octanol–water partition coefficient (Wildman–Crippen LogP) is 4.63. The molecule has 0 amide bonds. The van der Waals surface area contributed by atoms with Gasteiger partial charge in [-0.15, -0.1) is 0 Å². The molecule has 0 radical (unpaired) electrons. The summed E-state index contributed by atoms with van der Waals surface area (Å²) in [5.41, 5.74) is 4.58. The molecule has 1 aliphatic rings. The number of rotatable bonds is 7. The number of hydrogen-bond acceptors (Lipinski definition) is 6. The van der Waals surface area contributed by atoms with Gasteiger partial charge >= 0.3 is 0 Å². The van der Waals surface area contributed by atoms with Gasteiger partial charge in [0.15, 0.2) is 23.0 Å². The highest BCUT2D eigenvalue weighted by atomic mass is 16.5. The zero-order chi connectivity index (χ0) is 20.8. The smallest absolute Gasteiger partial charge is 0.161 e. The number of phenolic OH excluding ortho intramolecular Hbond substituents is 1. The number of aromatic hydroxyl groups is 1. The quantitative estimate of drug-likeness (QED) is 0.743. The number of hydrogen-bond donors (Lipinski definition) is 1. The van der Waals surface area contributed by atoms with Crippen molar-refractivity contribution < 1.29 is 19.3 Å². The summed E-state index contributed by atoms with van der Waals surface area (Å²) in [4.78, 5) is 0. The lowest BCUT2D eigenvalue weighted by atomic mass is 9.97. The van der Waals surface area contributed by atoms with Gasteiger partial charge in [0.05, 0.1) is 26.0 Å². The molecule has 0 saturated carbocycles. The van der Waals surface area contributed by atoms with Gasteiger partial charge in [0, 0.05) is 17.7 Å². The molecular weight excluding hydrogens is 368 g/mol. The molecule has 1 heterocycles. The fourth-order valence-corrected chi connectivity index (χ4v) is 3.12. The molecule has 0 fully saturated rings. The average molecular weight is 394 g/mol. The fourth-order valence-electron chi connectivity index (χ4n) is 3.12. The second kappa shape index (κ2) is 9.28. The van der Waals surface area contributed by atoms with Crippen LogP contribution in [0.3, 0.4) is 0 Å². The number of phenols is 1. The third-order valence-electron chi connectivity index (χ3n) is 4.46. The lowest BCUT2D eigenvalue weighted by molar-refractivity contribution is 0.287. The van der Waals surface area contributed by atoms with Crippen molar-refractivity contribution in [2.75, 3.05) is 20.3 Å². The molecule has 6 heteroatoms. The van der Waals surface area contributed by atoms with Gasteiger partial charge in [-0.05, 0) is 62.2 Å². The Morgan fingerprint density at radius 3 is 2.38 bits per heavy atom. The van der Waals surface area contributed by atoms with Crippen LogP contribution in [-0.4, -0.2) is 36.9 Å². The molecule has 1 aliphatic heterocycles. The van der Waals surface area contributed by atoms with Crippen LogP contribution in [0.4, 0.5) is 0 Å². The van der Waals surface area contributed by atoms with Crippen molar-refractivity contribution in [3.05, 3.63) is 53.1 Å². The first-order valence-corrected chi connectivity index (χ1v) is 9.64. The zero-order valence-corrected chi connectivity index (χ0v) is 17.2. The minimum Gasteiger partial charge on any atom is -0.504 e. The van der Waals surface area contributed by atoms with Crippen molar-refractivity contribution in [3.8, 4) is 23.0 Å². The van der Waals surface area contributed by atoms with Gasteiger partial charge in [-0.2, -0.15) is 10.2 Å². The molecule has 3 rings (SSSR count). The molecule has 0 saturated heterocycles. The minimum atomic E-state index is 0.104. The van der Waals surface area contributed by atoms with E-state index in [4.69, 9.17) is 14.2 Å². The molecule has 29 heavy (non-hydrogen) atoms. The SMILES string of the molecule is CCOc1cc2c(cc1OCC)C(/C=C/c1ccc(O)c(OC)c1)=NN=C(C)C2. The van der Waals surface area contributed by atoms with Crippen LogP contribution in [-0.2, 0) is 6.42 Å². The van der Waals surface area contributed by atoms with E-state index in [1.54, 1.807) is 12.1 Å². The number of ether oxygens (including phenoxy) is 3. The first-order valence-electron chi connectivity index (χ1n) is 9.64. The topological polar surface area (TPSA) is 72.6 Å². The second-order valence-electron chi connectivity index (χ2n) is 6.58. The Morgan fingerprint density at radius 2 is 1.69 bits per heavy atom. The number of nitrogens with zero attached hydrogens (tertiary/aromatic N) is 2. The monoisotopic (exact) mass is 394 g/mol. The Kier molecular flexibility index (Phi) is 6.54. The Hall–Kier alpha value is -3.28. The van der Waals surface area contributed by atoms with Gasteiger partial charge in [-0.1, -0.05) is 12.1 Å². The van der Waals surface area contributed by atoms with Gasteiger partial charge in [0.25, 0.3) is 0 Å². The van der Waals surface area contributed by atoms with E-state index < -0.39 is 0 Å². The maximum Gasteiger partial charge on any atom is 0.161 e. The van der Waals surface area contributed by atoms with E-state index in [1.807, 2.05) is 51.1 Å². The average Bonchev–Trinajstić information content (AvgIpc) is 2.86. The normalized spacial score (nSPS) is 13.4. The van der Waals surface area contributed by atoms with Crippen molar-refractivity contribution in [1.29, 1.82) is 0 Å². The maximum atomic E-state index is 9.78. The van der Waals surface area contributed by atoms with E-state index in [9.17, 15) is 5.11 Å². The van der Waals surface area contributed by atoms with Crippen molar-refractivity contribution in [3.63, 3.8) is 0 Å². The summed E-state index contributed by atoms with van der Waals surface area (Å²) in [6, 6.07) is 9.16. The van der Waals surface area contributed by atoms with Crippen molar-refractivity contribution in [1.82, 2.24) is 0 Å². The van der Waals surface area contributed by atoms with Crippen LogP contribution in [0.25, 0.3) is 6.08 Å². The number of benzene rings is 2. The Bertz CT molecular complexity index is 977. The second-order valence-corrected chi connectivity index (χ2v) is 6.58. The van der Waals surface area contributed by atoms with Crippen molar-refractivity contribution >= 4 is 17.5 Å². The minimum absolute atomic E-state index is 0.104. The summed E-state index contributed by atoms with van der Waals surface area (Å²) in [6.07, 6.45) is 4.51. The van der Waals surface area contributed by atoms with Gasteiger partial charge < -0.3 is 19.3 Å². The molecular formula is C23H26N2O4. The van der Waals surface area contributed by atoms with Crippen LogP contribution in [0.5, 0.6) is 23.0 Å². The maximum absolute atomic E-state index is 9.78. The van der Waals surface area contributed by atoms with Crippen LogP contribution in [0.15, 0.2) is 46.6 Å². The standard InChI is InChI=1S/C23H26N2O4/c1-5-28-22-13-17-11-15(3)24-25-19(18(17)14-23(22)29-6-2)9-7-16-8-10-20(26)21(12-16)27-4/h7-10,12-14,26H,5-6,11H2,1-4H3/b9-7+. The van der Waals surface area contributed by atoms with Crippen LogP contribution < -0.4 is 14.2 Å². The summed E-state index contributed by atoms with van der Waals surface area (Å²) < 4.78 is 16.7. The molecule has 0 atom stereocenters. The predicted molar refractivity (Wildman–Crippen MR) is 116 cm³/mol. The Balaban J connectivity index is 2.02. The molecule has 0 unspecified atom stereocenters. The van der Waals surface area contributed by atoms with Crippen LogP contribution in [0.1, 0.15) is 37.5 Å². The largest absolute Gasteiger partial charge is 0.504 e. The van der Waals surface area contributed by atoms with E-state index in [-0.39, 0.29) is 5.75 Å². The van der Waals surface area contributed by atoms with Crippen LogP contribution >= 0.6 is 0 Å². The highest BCUT2D eigenvalue weighted by Crippen LogP contribution is 2.33. The highest BCUT2D eigenvalue weighted by Gasteiger charge is 2.18. The third-order valence-corrected chi connectivity index (χ3v) is 4.46. The van der Waals surface area contributed by atoms with E-state index in [0.717, 1.165) is 33.9 Å². The third kappa shape index (κ3) is 4.77. The molecule has 2 aromatic rings. The van der Waals surface area contributed by atoms with Crippen molar-refractivity contribution in [2.24, 2.45) is 10.2 Å². The number of fused-ring (bicyclic) bond motifs is 1. The number of methoxy groups -OCH3 is 1. The number of allylic oxidation sites excluding steroid dienone is 1. The molecule has 0 spiro atoms. The first kappa shape index (κ1) is 20.5. The summed E-state index contributed by atoms with van der Waals surface area (Å²) in [5, 5.41) is 18.6. The summed E-state index contributed by atoms with van der Waals surface area (Å²) in [7, 11) is 1.52. The summed E-state index contributed by atoms with van der Waals surface area (Å²) >= 11 is 0. The van der Waals surface area contributed by atoms with E-state index in [0.29, 0.717) is 31.1 Å². The van der Waals surface area contributed by atoms with E-state index >= 15 is 0 Å². The van der Waals surface area contributed by atoms with Gasteiger partial charge in [0.1, 0.15) is 0 Å². The first-order chi connectivity index (χ1) is 14.0. The van der Waals surface area contributed by atoms with Crippen LogP contribution in [0.2, 0.25) is 0 Å². The van der Waals surface area contributed by atoms with E-state index in [2.05, 4.69) is 10.2 Å². The summed E-state index contributed by atoms with van der Waals surface area (Å²) in [5.74, 6) is 1.95. The Morgan fingerprint density at radius 1 is 0.966 bits per heavy atom. The lowest BCUT2D eigenvalue weighted by Gasteiger charge is -2.15. The molecule has 0 bridgehead atoms. The molecule has 0 aromatic heterocycles. The van der Waals surface area contributed by atoms with E-state index in [1.165, 1.54) is 7.11 Å². The molecule has 2 aromatic carbocycles. The van der Waals surface area contributed by atoms with Crippen molar-refractivity contribution in [2.45, 2.75) is 27.2 Å². The molecule has 152 valence electrons. The molecule has 1 N–H and O–H groups in total. The Labute approximate surface area is 171 Å². The van der Waals surface area contributed by atoms with Gasteiger partial charge in [-0.3, -0.25) is 0 Å². The lowest BCUT2D eigenvalue weighted by Crippen LogP contribution is -2.07. The van der Waals surface area contributed by atoms with Gasteiger partial charge in [-0.25, -0.2) is 0 Å².